The molecule has 0 saturated heterocycles. The van der Waals surface area contributed by atoms with Gasteiger partial charge in [-0.3, -0.25) is 4.68 Å². The van der Waals surface area contributed by atoms with E-state index in [1.165, 1.54) is 0 Å². The van der Waals surface area contributed by atoms with Crippen molar-refractivity contribution in [2.45, 2.75) is 13.0 Å². The Morgan fingerprint density at radius 2 is 2.06 bits per heavy atom. The molecule has 0 unspecified atom stereocenters. The van der Waals surface area contributed by atoms with Gasteiger partial charge in [0.2, 0.25) is 0 Å². The molecule has 96 valence electrons. The highest BCUT2D eigenvalue weighted by Crippen LogP contribution is 2.14. The zero-order valence-electron chi connectivity index (χ0n) is 9.41. The molecule has 0 aliphatic heterocycles. The van der Waals surface area contributed by atoms with E-state index in [0.29, 0.717) is 25.6 Å². The molecule has 0 radical (unpaired) electrons. The molecule has 4 nitrogen and oxygen atoms in total. The van der Waals surface area contributed by atoms with Gasteiger partial charge in [-0.25, -0.2) is 8.78 Å². The van der Waals surface area contributed by atoms with E-state index < -0.39 is 17.6 Å². The van der Waals surface area contributed by atoms with Gasteiger partial charge in [-0.1, -0.05) is 0 Å². The van der Waals surface area contributed by atoms with Gasteiger partial charge in [-0.05, 0) is 12.5 Å². The molecule has 2 aromatic heterocycles. The smallest absolute Gasteiger partial charge is 0.251 e. The number of halogens is 3. The first-order valence-corrected chi connectivity index (χ1v) is 5.39. The summed E-state index contributed by atoms with van der Waals surface area (Å²) in [5.41, 5.74) is 0. The van der Waals surface area contributed by atoms with E-state index in [2.05, 4.69) is 15.4 Å². The third kappa shape index (κ3) is 2.99. The fourth-order valence-corrected chi connectivity index (χ4v) is 1.45. The molecule has 7 heteroatoms. The molecular weight excluding hydrogens is 245 g/mol. The predicted octanol–water partition coefficient (Wildman–Crippen LogP) is 2.20. The van der Waals surface area contributed by atoms with Crippen LogP contribution in [0.2, 0.25) is 0 Å². The summed E-state index contributed by atoms with van der Waals surface area (Å²) in [4.78, 5) is 3.16. The number of anilines is 1. The lowest BCUT2D eigenvalue weighted by atomic mass is 10.4. The molecule has 0 aliphatic rings. The van der Waals surface area contributed by atoms with Gasteiger partial charge in [0.25, 0.3) is 5.95 Å². The molecule has 18 heavy (non-hydrogen) atoms. The number of rotatable bonds is 5. The Morgan fingerprint density at radius 3 is 2.78 bits per heavy atom. The Morgan fingerprint density at radius 1 is 1.22 bits per heavy atom. The van der Waals surface area contributed by atoms with Crippen molar-refractivity contribution in [3.8, 4) is 0 Å². The lowest BCUT2D eigenvalue weighted by Gasteiger charge is -2.07. The second-order valence-corrected chi connectivity index (χ2v) is 3.64. The van der Waals surface area contributed by atoms with Gasteiger partial charge in [0, 0.05) is 31.5 Å². The highest BCUT2D eigenvalue weighted by atomic mass is 19.2. The van der Waals surface area contributed by atoms with E-state index in [1.54, 1.807) is 23.1 Å². The van der Waals surface area contributed by atoms with Crippen LogP contribution in [0, 0.1) is 17.6 Å². The quantitative estimate of drug-likeness (QED) is 0.658. The van der Waals surface area contributed by atoms with Crippen molar-refractivity contribution >= 4 is 5.82 Å². The molecule has 0 fully saturated rings. The lowest BCUT2D eigenvalue weighted by molar-refractivity contribution is 0.466. The molecule has 0 amide bonds. The van der Waals surface area contributed by atoms with Crippen molar-refractivity contribution < 1.29 is 13.2 Å². The van der Waals surface area contributed by atoms with Crippen molar-refractivity contribution in [2.24, 2.45) is 0 Å². The van der Waals surface area contributed by atoms with Crippen LogP contribution in [-0.2, 0) is 6.54 Å². The second-order valence-electron chi connectivity index (χ2n) is 3.64. The van der Waals surface area contributed by atoms with Crippen LogP contribution in [0.1, 0.15) is 6.42 Å². The van der Waals surface area contributed by atoms with Gasteiger partial charge in [0.15, 0.2) is 17.5 Å². The van der Waals surface area contributed by atoms with Crippen LogP contribution < -0.4 is 5.32 Å². The third-order valence-corrected chi connectivity index (χ3v) is 2.30. The first-order chi connectivity index (χ1) is 8.66. The molecule has 0 bridgehead atoms. The van der Waals surface area contributed by atoms with Crippen LogP contribution in [0.4, 0.5) is 19.0 Å². The number of nitrogens with one attached hydrogen (secondary N) is 1. The van der Waals surface area contributed by atoms with Gasteiger partial charge < -0.3 is 5.32 Å². The summed E-state index contributed by atoms with van der Waals surface area (Å²) in [5.74, 6) is -3.80. The van der Waals surface area contributed by atoms with Crippen LogP contribution in [0.3, 0.4) is 0 Å². The van der Waals surface area contributed by atoms with Gasteiger partial charge >= 0.3 is 0 Å². The average Bonchev–Trinajstić information content (AvgIpc) is 2.84. The molecule has 2 aromatic rings. The Balaban J connectivity index is 1.85. The Hall–Kier alpha value is -2.05. The second kappa shape index (κ2) is 5.52. The molecule has 1 N–H and O–H groups in total. The molecule has 2 rings (SSSR count). The van der Waals surface area contributed by atoms with E-state index in [9.17, 15) is 13.2 Å². The molecule has 2 heterocycles. The van der Waals surface area contributed by atoms with Gasteiger partial charge in [-0.2, -0.15) is 14.5 Å². The largest absolute Gasteiger partial charge is 0.367 e. The summed E-state index contributed by atoms with van der Waals surface area (Å²) in [6.07, 6.45) is 4.11. The zero-order valence-corrected chi connectivity index (χ0v) is 9.41. The topological polar surface area (TPSA) is 42.7 Å². The highest BCUT2D eigenvalue weighted by Gasteiger charge is 2.10. The molecule has 0 aliphatic carbocycles. The maximum Gasteiger partial charge on any atom is 0.251 e. The van der Waals surface area contributed by atoms with Crippen molar-refractivity contribution in [1.29, 1.82) is 0 Å². The summed E-state index contributed by atoms with van der Waals surface area (Å²) >= 11 is 0. The standard InChI is InChI=1S/C11H11F3N4/c12-8-7-9(13)11(17-10(8)14)15-3-1-5-18-6-2-4-16-18/h2,4,6-7H,1,3,5H2,(H,15,17). The molecular formula is C11H11F3N4. The van der Waals surface area contributed by atoms with E-state index in [0.717, 1.165) is 0 Å². The summed E-state index contributed by atoms with van der Waals surface area (Å²) in [7, 11) is 0. The minimum atomic E-state index is -1.31. The number of pyridine rings is 1. The minimum absolute atomic E-state index is 0.283. The molecule has 0 spiro atoms. The molecule has 0 aromatic carbocycles. The van der Waals surface area contributed by atoms with Crippen LogP contribution in [-0.4, -0.2) is 21.3 Å². The number of hydrogen-bond donors (Lipinski definition) is 1. The highest BCUT2D eigenvalue weighted by molar-refractivity contribution is 5.35. The summed E-state index contributed by atoms with van der Waals surface area (Å²) < 4.78 is 40.3. The predicted molar refractivity (Wildman–Crippen MR) is 59.4 cm³/mol. The lowest BCUT2D eigenvalue weighted by Crippen LogP contribution is -2.10. The summed E-state index contributed by atoms with van der Waals surface area (Å²) in [6.45, 7) is 1.03. The van der Waals surface area contributed by atoms with E-state index >= 15 is 0 Å². The van der Waals surface area contributed by atoms with E-state index in [-0.39, 0.29) is 5.82 Å². The van der Waals surface area contributed by atoms with Crippen LogP contribution in [0.25, 0.3) is 0 Å². The van der Waals surface area contributed by atoms with Gasteiger partial charge in [0.1, 0.15) is 0 Å². The van der Waals surface area contributed by atoms with Gasteiger partial charge in [-0.15, -0.1) is 0 Å². The number of aryl methyl sites for hydroxylation is 1. The normalized spacial score (nSPS) is 10.6. The minimum Gasteiger partial charge on any atom is -0.367 e. The first kappa shape index (κ1) is 12.4. The van der Waals surface area contributed by atoms with Crippen LogP contribution in [0.5, 0.6) is 0 Å². The molecule has 0 atom stereocenters. The Bertz CT molecular complexity index is 513. The van der Waals surface area contributed by atoms with Gasteiger partial charge in [0.05, 0.1) is 0 Å². The molecule has 0 saturated carbocycles. The van der Waals surface area contributed by atoms with Crippen LogP contribution in [0.15, 0.2) is 24.5 Å². The van der Waals surface area contributed by atoms with Crippen molar-refractivity contribution in [3.63, 3.8) is 0 Å². The zero-order chi connectivity index (χ0) is 13.0. The monoisotopic (exact) mass is 256 g/mol. The summed E-state index contributed by atoms with van der Waals surface area (Å²) in [6, 6.07) is 2.27. The van der Waals surface area contributed by atoms with Crippen molar-refractivity contribution in [2.75, 3.05) is 11.9 Å². The fraction of sp³-hybridized carbons (Fsp3) is 0.273. The average molecular weight is 256 g/mol. The van der Waals surface area contributed by atoms with Crippen molar-refractivity contribution in [3.05, 3.63) is 42.1 Å². The van der Waals surface area contributed by atoms with Crippen molar-refractivity contribution in [1.82, 2.24) is 14.8 Å². The SMILES string of the molecule is Fc1cc(F)c(NCCCn2cccn2)nc1F. The van der Waals surface area contributed by atoms with E-state index in [1.807, 2.05) is 0 Å². The maximum atomic E-state index is 13.2. The van der Waals surface area contributed by atoms with Crippen LogP contribution >= 0.6 is 0 Å². The number of aromatic nitrogens is 3. The Labute approximate surface area is 101 Å². The summed E-state index contributed by atoms with van der Waals surface area (Å²) in [5, 5.41) is 6.60. The maximum absolute atomic E-state index is 13.2. The fourth-order valence-electron chi connectivity index (χ4n) is 1.45. The first-order valence-electron chi connectivity index (χ1n) is 5.39. The number of nitrogens with zero attached hydrogens (tertiary/aromatic N) is 3. The third-order valence-electron chi connectivity index (χ3n) is 2.30. The van der Waals surface area contributed by atoms with E-state index in [4.69, 9.17) is 0 Å². The Kier molecular flexibility index (Phi) is 3.81. The number of hydrogen-bond acceptors (Lipinski definition) is 3.